The summed E-state index contributed by atoms with van der Waals surface area (Å²) in [6, 6.07) is 7.87. The molecule has 0 saturated carbocycles. The molecule has 0 fully saturated rings. The monoisotopic (exact) mass is 235 g/mol. The van der Waals surface area contributed by atoms with E-state index in [4.69, 9.17) is 4.42 Å². The summed E-state index contributed by atoms with van der Waals surface area (Å²) in [5.41, 5.74) is 2.96. The number of benzene rings is 1. The van der Waals surface area contributed by atoms with Crippen molar-refractivity contribution in [1.82, 2.24) is 15.0 Å². The third-order valence-corrected chi connectivity index (χ3v) is 3.11. The smallest absolute Gasteiger partial charge is 0.136 e. The van der Waals surface area contributed by atoms with E-state index in [-0.39, 0.29) is 0 Å². The zero-order valence-electron chi connectivity index (χ0n) is 9.42. The van der Waals surface area contributed by atoms with E-state index in [1.165, 1.54) is 0 Å². The fourth-order valence-corrected chi connectivity index (χ4v) is 2.30. The van der Waals surface area contributed by atoms with Crippen LogP contribution in [-0.4, -0.2) is 15.0 Å². The maximum Gasteiger partial charge on any atom is 0.136 e. The summed E-state index contributed by atoms with van der Waals surface area (Å²) in [5.74, 6) is 0.825. The molecule has 0 radical (unpaired) electrons. The van der Waals surface area contributed by atoms with Crippen molar-refractivity contribution < 1.29 is 4.42 Å². The van der Waals surface area contributed by atoms with Crippen LogP contribution in [0.5, 0.6) is 0 Å². The number of hydrogen-bond donors (Lipinski definition) is 1. The molecule has 0 aliphatic carbocycles. The van der Waals surface area contributed by atoms with Gasteiger partial charge in [-0.3, -0.25) is 4.98 Å². The van der Waals surface area contributed by atoms with Crippen molar-refractivity contribution in [3.8, 4) is 11.3 Å². The Kier molecular flexibility index (Phi) is 1.80. The van der Waals surface area contributed by atoms with Crippen molar-refractivity contribution in [3.05, 3.63) is 49.2 Å². The summed E-state index contributed by atoms with van der Waals surface area (Å²) >= 11 is 0. The van der Waals surface area contributed by atoms with Gasteiger partial charge in [-0.2, -0.15) is 0 Å². The molecule has 0 unspecified atom stereocenters. The lowest BCUT2D eigenvalue weighted by molar-refractivity contribution is 0.583. The average Bonchev–Trinajstić information content (AvgIpc) is 3.09. The maximum absolute atomic E-state index is 5.48. The quantitative estimate of drug-likeness (QED) is 0.550. The van der Waals surface area contributed by atoms with Crippen LogP contribution in [0.25, 0.3) is 33.1 Å². The summed E-state index contributed by atoms with van der Waals surface area (Å²) in [7, 11) is 0. The van der Waals surface area contributed by atoms with E-state index >= 15 is 0 Å². The molecule has 0 aliphatic rings. The molecule has 3 heterocycles. The number of nitrogens with zero attached hydrogens (tertiary/aromatic N) is 2. The van der Waals surface area contributed by atoms with Gasteiger partial charge in [0.05, 0.1) is 18.1 Å². The minimum Gasteiger partial charge on any atom is -0.464 e. The highest BCUT2D eigenvalue weighted by molar-refractivity contribution is 6.10. The highest BCUT2D eigenvalue weighted by atomic mass is 16.3. The Morgan fingerprint density at radius 1 is 1.17 bits per heavy atom. The van der Waals surface area contributed by atoms with Crippen LogP contribution in [0, 0.1) is 0 Å². The second-order valence-electron chi connectivity index (χ2n) is 4.12. The number of rotatable bonds is 1. The van der Waals surface area contributed by atoms with Gasteiger partial charge in [-0.1, -0.05) is 0 Å². The lowest BCUT2D eigenvalue weighted by Gasteiger charge is -2.04. The molecule has 0 bridgehead atoms. The molecule has 1 aromatic carbocycles. The molecule has 0 spiro atoms. The van der Waals surface area contributed by atoms with Crippen LogP contribution < -0.4 is 0 Å². The molecule has 4 nitrogen and oxygen atoms in total. The Labute approximate surface area is 102 Å². The highest BCUT2D eigenvalue weighted by Gasteiger charge is 2.12. The van der Waals surface area contributed by atoms with Gasteiger partial charge in [-0.15, -0.1) is 0 Å². The Morgan fingerprint density at radius 3 is 3.06 bits per heavy atom. The lowest BCUT2D eigenvalue weighted by atomic mass is 10.1. The van der Waals surface area contributed by atoms with Gasteiger partial charge < -0.3 is 9.40 Å². The molecule has 18 heavy (non-hydrogen) atoms. The highest BCUT2D eigenvalue weighted by Crippen LogP contribution is 2.32. The molecule has 4 rings (SSSR count). The molecule has 0 atom stereocenters. The van der Waals surface area contributed by atoms with Crippen LogP contribution in [0.15, 0.2) is 53.7 Å². The van der Waals surface area contributed by atoms with Crippen molar-refractivity contribution >= 4 is 21.8 Å². The van der Waals surface area contributed by atoms with Crippen molar-refractivity contribution in [2.75, 3.05) is 0 Å². The van der Waals surface area contributed by atoms with E-state index in [0.29, 0.717) is 0 Å². The predicted molar refractivity (Wildman–Crippen MR) is 69.1 cm³/mol. The van der Waals surface area contributed by atoms with Crippen molar-refractivity contribution in [2.45, 2.75) is 0 Å². The number of nitrogens with one attached hydrogen (secondary N) is 1. The normalized spacial score (nSPS) is 11.3. The molecule has 86 valence electrons. The Morgan fingerprint density at radius 2 is 2.17 bits per heavy atom. The first-order valence-electron chi connectivity index (χ1n) is 5.67. The minimum atomic E-state index is 0.825. The molecule has 3 aromatic heterocycles. The molecule has 0 saturated heterocycles. The summed E-state index contributed by atoms with van der Waals surface area (Å²) in [6.45, 7) is 0. The summed E-state index contributed by atoms with van der Waals surface area (Å²) in [4.78, 5) is 11.7. The summed E-state index contributed by atoms with van der Waals surface area (Å²) in [6.07, 6.45) is 7.01. The molecular formula is C14H9N3O. The fraction of sp³-hybridized carbons (Fsp3) is 0. The standard InChI is InChI=1S/C14H9N3O/c1-2-13(18-5-1)10-6-12-11(7-15-8-17-12)9-3-4-16-14(9)10/h1-8H,(H,15,17). The third kappa shape index (κ3) is 1.20. The number of hydrogen-bond acceptors (Lipinski definition) is 3. The van der Waals surface area contributed by atoms with Crippen molar-refractivity contribution in [3.63, 3.8) is 0 Å². The maximum atomic E-state index is 5.48. The molecule has 0 amide bonds. The van der Waals surface area contributed by atoms with Crippen LogP contribution in [-0.2, 0) is 0 Å². The van der Waals surface area contributed by atoms with Crippen LogP contribution in [0.2, 0.25) is 0 Å². The lowest BCUT2D eigenvalue weighted by Crippen LogP contribution is -1.85. The van der Waals surface area contributed by atoms with E-state index in [1.54, 1.807) is 12.6 Å². The number of furan rings is 1. The van der Waals surface area contributed by atoms with Crippen LogP contribution in [0.3, 0.4) is 0 Å². The summed E-state index contributed by atoms with van der Waals surface area (Å²) < 4.78 is 5.48. The van der Waals surface area contributed by atoms with Gasteiger partial charge in [-0.05, 0) is 24.3 Å². The van der Waals surface area contributed by atoms with E-state index in [1.807, 2.05) is 36.7 Å². The number of aromatic nitrogens is 3. The average molecular weight is 235 g/mol. The van der Waals surface area contributed by atoms with Gasteiger partial charge in [0.2, 0.25) is 0 Å². The first kappa shape index (κ1) is 9.41. The summed E-state index contributed by atoms with van der Waals surface area (Å²) in [5, 5.41) is 2.16. The Bertz CT molecular complexity index is 831. The predicted octanol–water partition coefficient (Wildman–Crippen LogP) is 3.37. The Hall–Kier alpha value is -2.62. The van der Waals surface area contributed by atoms with Gasteiger partial charge in [0.1, 0.15) is 5.76 Å². The van der Waals surface area contributed by atoms with Gasteiger partial charge in [-0.25, -0.2) is 4.98 Å². The SMILES string of the molecule is c1coc(-c2cc3[nH]cncc3c3ccnc23)c1. The van der Waals surface area contributed by atoms with Crippen LogP contribution in [0.1, 0.15) is 0 Å². The molecule has 4 aromatic rings. The zero-order chi connectivity index (χ0) is 11.9. The van der Waals surface area contributed by atoms with Gasteiger partial charge >= 0.3 is 0 Å². The van der Waals surface area contributed by atoms with Crippen molar-refractivity contribution in [1.29, 1.82) is 0 Å². The number of aromatic amines is 1. The number of H-pyrrole nitrogens is 1. The Balaban J connectivity index is 2.21. The third-order valence-electron chi connectivity index (χ3n) is 3.11. The number of fused-ring (bicyclic) bond motifs is 3. The fourth-order valence-electron chi connectivity index (χ4n) is 2.30. The molecule has 4 heteroatoms. The zero-order valence-corrected chi connectivity index (χ0v) is 9.42. The topological polar surface area (TPSA) is 54.7 Å². The first-order chi connectivity index (χ1) is 8.93. The second kappa shape index (κ2) is 3.43. The van der Waals surface area contributed by atoms with Crippen LogP contribution >= 0.6 is 0 Å². The van der Waals surface area contributed by atoms with Crippen LogP contribution in [0.4, 0.5) is 0 Å². The second-order valence-corrected chi connectivity index (χ2v) is 4.12. The van der Waals surface area contributed by atoms with E-state index < -0.39 is 0 Å². The van der Waals surface area contributed by atoms with E-state index in [2.05, 4.69) is 15.0 Å². The minimum absolute atomic E-state index is 0.825. The molecule has 1 N–H and O–H groups in total. The van der Waals surface area contributed by atoms with Gasteiger partial charge in [0.15, 0.2) is 0 Å². The van der Waals surface area contributed by atoms with E-state index in [0.717, 1.165) is 33.1 Å². The van der Waals surface area contributed by atoms with E-state index in [9.17, 15) is 0 Å². The van der Waals surface area contributed by atoms with Crippen molar-refractivity contribution in [2.24, 2.45) is 0 Å². The first-order valence-corrected chi connectivity index (χ1v) is 5.67. The van der Waals surface area contributed by atoms with Gasteiger partial charge in [0, 0.05) is 34.2 Å². The van der Waals surface area contributed by atoms with Gasteiger partial charge in [0.25, 0.3) is 0 Å². The largest absolute Gasteiger partial charge is 0.464 e. The molecular weight excluding hydrogens is 226 g/mol. The molecule has 0 aliphatic heterocycles.